The second-order valence-corrected chi connectivity index (χ2v) is 6.94. The van der Waals surface area contributed by atoms with E-state index in [2.05, 4.69) is 10.4 Å². The maximum Gasteiger partial charge on any atom is 0.349 e. The first kappa shape index (κ1) is 19.5. The summed E-state index contributed by atoms with van der Waals surface area (Å²) in [5.41, 5.74) is 1.28. The minimum atomic E-state index is -0.731. The Morgan fingerprint density at radius 1 is 1.23 bits per heavy atom. The van der Waals surface area contributed by atoms with Crippen molar-refractivity contribution in [1.82, 2.24) is 15.1 Å². The Morgan fingerprint density at radius 2 is 2.07 bits per heavy atom. The fourth-order valence-corrected chi connectivity index (χ4v) is 3.47. The fraction of sp³-hybridized carbons (Fsp3) is 0.227. The van der Waals surface area contributed by atoms with Crippen LogP contribution in [0.5, 0.6) is 5.75 Å². The predicted molar refractivity (Wildman–Crippen MR) is 110 cm³/mol. The number of para-hydroxylation sites is 1. The van der Waals surface area contributed by atoms with Crippen LogP contribution in [0, 0.1) is 13.8 Å². The van der Waals surface area contributed by atoms with E-state index in [0.29, 0.717) is 22.5 Å². The van der Waals surface area contributed by atoms with Crippen molar-refractivity contribution in [2.24, 2.45) is 0 Å². The molecule has 1 unspecified atom stereocenters. The number of amides is 1. The number of carbonyl (C=O) groups excluding carboxylic acids is 1. The van der Waals surface area contributed by atoms with E-state index < -0.39 is 11.5 Å². The highest BCUT2D eigenvalue weighted by Crippen LogP contribution is 2.25. The molecule has 0 spiro atoms. The lowest BCUT2D eigenvalue weighted by molar-refractivity contribution is 0.0944. The van der Waals surface area contributed by atoms with Gasteiger partial charge in [-0.3, -0.25) is 9.48 Å². The number of fused-ring (bicyclic) bond motifs is 1. The molecule has 0 aliphatic rings. The van der Waals surface area contributed by atoms with Crippen LogP contribution in [0.2, 0.25) is 0 Å². The standard InChI is InChI=1S/C22H21N3O5/c1-13-10-14(2)25(24-13)17(18-8-5-9-29-18)12-23-21(26)16-11-15-6-4-7-19(28-3)20(15)30-22(16)27/h4-11,17H,12H2,1-3H3,(H,23,26). The normalized spacial score (nSPS) is 12.1. The van der Waals surface area contributed by atoms with Crippen LogP contribution in [0.4, 0.5) is 0 Å². The van der Waals surface area contributed by atoms with Crippen molar-refractivity contribution in [3.63, 3.8) is 0 Å². The molecule has 1 amide bonds. The SMILES string of the molecule is COc1cccc2cc(C(=O)NCC(c3ccco3)n3nc(C)cc3C)c(=O)oc12. The fourth-order valence-electron chi connectivity index (χ4n) is 3.47. The number of methoxy groups -OCH3 is 1. The van der Waals surface area contributed by atoms with Crippen LogP contribution in [-0.2, 0) is 0 Å². The molecule has 0 fully saturated rings. The lowest BCUT2D eigenvalue weighted by Crippen LogP contribution is -2.34. The number of furan rings is 1. The zero-order chi connectivity index (χ0) is 21.3. The molecule has 4 rings (SSSR count). The Labute approximate surface area is 172 Å². The molecule has 0 aliphatic carbocycles. The number of nitrogens with one attached hydrogen (secondary N) is 1. The van der Waals surface area contributed by atoms with Crippen molar-refractivity contribution in [3.05, 3.63) is 81.9 Å². The molecule has 0 bridgehead atoms. The van der Waals surface area contributed by atoms with Gasteiger partial charge < -0.3 is 18.9 Å². The highest BCUT2D eigenvalue weighted by atomic mass is 16.5. The van der Waals surface area contributed by atoms with Crippen LogP contribution >= 0.6 is 0 Å². The van der Waals surface area contributed by atoms with Gasteiger partial charge in [0.15, 0.2) is 11.3 Å². The zero-order valence-electron chi connectivity index (χ0n) is 16.8. The van der Waals surface area contributed by atoms with E-state index >= 15 is 0 Å². The smallest absolute Gasteiger partial charge is 0.349 e. The van der Waals surface area contributed by atoms with Gasteiger partial charge >= 0.3 is 5.63 Å². The summed E-state index contributed by atoms with van der Waals surface area (Å²) in [6.07, 6.45) is 1.57. The van der Waals surface area contributed by atoms with Crippen molar-refractivity contribution >= 4 is 16.9 Å². The van der Waals surface area contributed by atoms with Gasteiger partial charge in [0.05, 0.1) is 19.1 Å². The van der Waals surface area contributed by atoms with Gasteiger partial charge in [-0.05, 0) is 44.2 Å². The largest absolute Gasteiger partial charge is 0.493 e. The summed E-state index contributed by atoms with van der Waals surface area (Å²) in [7, 11) is 1.49. The average Bonchev–Trinajstić information content (AvgIpc) is 3.37. The molecule has 8 heteroatoms. The number of hydrogen-bond acceptors (Lipinski definition) is 6. The van der Waals surface area contributed by atoms with Gasteiger partial charge in [-0.25, -0.2) is 4.79 Å². The molecule has 4 aromatic rings. The van der Waals surface area contributed by atoms with E-state index in [1.165, 1.54) is 13.2 Å². The lowest BCUT2D eigenvalue weighted by atomic mass is 10.1. The number of benzene rings is 1. The highest BCUT2D eigenvalue weighted by Gasteiger charge is 2.22. The summed E-state index contributed by atoms with van der Waals surface area (Å²) in [6, 6.07) is 11.9. The van der Waals surface area contributed by atoms with E-state index in [0.717, 1.165) is 11.4 Å². The summed E-state index contributed by atoms with van der Waals surface area (Å²) in [6.45, 7) is 4.02. The summed E-state index contributed by atoms with van der Waals surface area (Å²) < 4.78 is 17.9. The van der Waals surface area contributed by atoms with Crippen LogP contribution in [0.15, 0.2) is 62.4 Å². The quantitative estimate of drug-likeness (QED) is 0.493. The van der Waals surface area contributed by atoms with Gasteiger partial charge in [-0.1, -0.05) is 12.1 Å². The zero-order valence-corrected chi connectivity index (χ0v) is 16.8. The Balaban J connectivity index is 1.62. The number of aryl methyl sites for hydroxylation is 2. The molecule has 0 aliphatic heterocycles. The van der Waals surface area contributed by atoms with Crippen molar-refractivity contribution in [2.45, 2.75) is 19.9 Å². The molecular weight excluding hydrogens is 386 g/mol. The third-order valence-corrected chi connectivity index (χ3v) is 4.86. The van der Waals surface area contributed by atoms with Crippen molar-refractivity contribution in [2.75, 3.05) is 13.7 Å². The molecule has 1 N–H and O–H groups in total. The summed E-state index contributed by atoms with van der Waals surface area (Å²) in [5.74, 6) is 0.544. The Kier molecular flexibility index (Phi) is 5.14. The van der Waals surface area contributed by atoms with Crippen LogP contribution in [-0.4, -0.2) is 29.3 Å². The van der Waals surface area contributed by atoms with Crippen LogP contribution in [0.1, 0.15) is 33.5 Å². The molecule has 3 aromatic heterocycles. The van der Waals surface area contributed by atoms with Gasteiger partial charge in [-0.2, -0.15) is 5.10 Å². The minimum Gasteiger partial charge on any atom is -0.493 e. The molecule has 8 nitrogen and oxygen atoms in total. The molecular formula is C22H21N3O5. The first-order chi connectivity index (χ1) is 14.5. The molecule has 154 valence electrons. The maximum absolute atomic E-state index is 12.8. The summed E-state index contributed by atoms with van der Waals surface area (Å²) in [4.78, 5) is 25.2. The highest BCUT2D eigenvalue weighted by molar-refractivity contribution is 5.97. The molecule has 1 aromatic carbocycles. The van der Waals surface area contributed by atoms with E-state index in [9.17, 15) is 9.59 Å². The Hall–Kier alpha value is -3.81. The van der Waals surface area contributed by atoms with E-state index in [4.69, 9.17) is 13.6 Å². The first-order valence-electron chi connectivity index (χ1n) is 9.43. The molecule has 0 radical (unpaired) electrons. The molecule has 3 heterocycles. The number of aromatic nitrogens is 2. The molecule has 0 saturated carbocycles. The monoisotopic (exact) mass is 407 g/mol. The van der Waals surface area contributed by atoms with E-state index in [-0.39, 0.29) is 18.2 Å². The molecule has 0 saturated heterocycles. The number of nitrogens with zero attached hydrogens (tertiary/aromatic N) is 2. The Morgan fingerprint density at radius 3 is 2.73 bits per heavy atom. The van der Waals surface area contributed by atoms with E-state index in [1.54, 1.807) is 35.2 Å². The second-order valence-electron chi connectivity index (χ2n) is 6.94. The first-order valence-corrected chi connectivity index (χ1v) is 9.43. The Bertz CT molecular complexity index is 1250. The van der Waals surface area contributed by atoms with Gasteiger partial charge in [0.2, 0.25) is 0 Å². The van der Waals surface area contributed by atoms with Gasteiger partial charge in [0.25, 0.3) is 5.91 Å². The van der Waals surface area contributed by atoms with Gasteiger partial charge in [0, 0.05) is 17.6 Å². The van der Waals surface area contributed by atoms with Gasteiger partial charge in [0.1, 0.15) is 17.4 Å². The number of ether oxygens (including phenoxy) is 1. The predicted octanol–water partition coefficient (Wildman–Crippen LogP) is 3.23. The average molecular weight is 407 g/mol. The number of rotatable bonds is 6. The topological polar surface area (TPSA) is 99.5 Å². The third-order valence-electron chi connectivity index (χ3n) is 4.86. The van der Waals surface area contributed by atoms with Gasteiger partial charge in [-0.15, -0.1) is 0 Å². The third kappa shape index (κ3) is 3.59. The van der Waals surface area contributed by atoms with Crippen molar-refractivity contribution in [1.29, 1.82) is 0 Å². The number of hydrogen-bond donors (Lipinski definition) is 1. The second kappa shape index (κ2) is 7.90. The summed E-state index contributed by atoms with van der Waals surface area (Å²) >= 11 is 0. The van der Waals surface area contributed by atoms with Crippen molar-refractivity contribution < 1.29 is 18.4 Å². The molecule has 1 atom stereocenters. The van der Waals surface area contributed by atoms with E-state index in [1.807, 2.05) is 26.0 Å². The van der Waals surface area contributed by atoms with Crippen LogP contribution in [0.25, 0.3) is 11.0 Å². The van der Waals surface area contributed by atoms with Crippen molar-refractivity contribution in [3.8, 4) is 5.75 Å². The maximum atomic E-state index is 12.8. The lowest BCUT2D eigenvalue weighted by Gasteiger charge is -2.18. The summed E-state index contributed by atoms with van der Waals surface area (Å²) in [5, 5.41) is 7.91. The number of carbonyl (C=O) groups is 1. The minimum absolute atomic E-state index is 0.0812. The molecule has 30 heavy (non-hydrogen) atoms. The van der Waals surface area contributed by atoms with Crippen LogP contribution < -0.4 is 15.7 Å². The van der Waals surface area contributed by atoms with Crippen LogP contribution in [0.3, 0.4) is 0 Å².